The van der Waals surface area contributed by atoms with Gasteiger partial charge in [0.1, 0.15) is 0 Å². The highest BCUT2D eigenvalue weighted by Gasteiger charge is 2.32. The lowest BCUT2D eigenvalue weighted by Gasteiger charge is -2.40. The summed E-state index contributed by atoms with van der Waals surface area (Å²) in [5, 5.41) is 0. The number of rotatable bonds is 0. The van der Waals surface area contributed by atoms with E-state index in [1.54, 1.807) is 25.7 Å². The van der Waals surface area contributed by atoms with E-state index in [9.17, 15) is 0 Å². The minimum atomic E-state index is 0. The number of hydrogen-bond acceptors (Lipinski definition) is 0. The van der Waals surface area contributed by atoms with Gasteiger partial charge in [-0.2, -0.15) is 0 Å². The van der Waals surface area contributed by atoms with Crippen LogP contribution in [-0.4, -0.2) is 0 Å². The summed E-state index contributed by atoms with van der Waals surface area (Å²) in [5.74, 6) is 0. The largest absolute Gasteiger partial charge is 0.0776 e. The van der Waals surface area contributed by atoms with Crippen molar-refractivity contribution in [2.45, 2.75) is 71.6 Å². The molecule has 0 unspecified atom stereocenters. The maximum atomic E-state index is 1.56. The lowest BCUT2D eigenvalue weighted by atomic mass is 9.65. The second-order valence-corrected chi connectivity index (χ2v) is 4.62. The zero-order chi connectivity index (χ0) is 7.57. The van der Waals surface area contributed by atoms with E-state index in [-0.39, 0.29) is 7.43 Å². The Morgan fingerprint density at radius 3 is 1.17 bits per heavy atom. The van der Waals surface area contributed by atoms with Crippen LogP contribution in [0.15, 0.2) is 0 Å². The van der Waals surface area contributed by atoms with E-state index in [1.807, 2.05) is 0 Å². The summed E-state index contributed by atoms with van der Waals surface area (Å²) in [6, 6.07) is 0. The fourth-order valence-corrected chi connectivity index (χ4v) is 3.10. The zero-order valence-corrected chi connectivity index (χ0v) is 7.57. The van der Waals surface area contributed by atoms with Gasteiger partial charge in [0.25, 0.3) is 0 Å². The second kappa shape index (κ2) is 4.30. The summed E-state index contributed by atoms with van der Waals surface area (Å²) >= 11 is 0. The van der Waals surface area contributed by atoms with Crippen LogP contribution in [0.3, 0.4) is 0 Å². The minimum Gasteiger partial charge on any atom is -0.0776 e. The molecule has 0 radical (unpaired) electrons. The number of hydrogen-bond donors (Lipinski definition) is 0. The highest BCUT2D eigenvalue weighted by atomic mass is 14.4. The molecule has 0 aromatic rings. The predicted octanol–water partition coefficient (Wildman–Crippen LogP) is 4.54. The van der Waals surface area contributed by atoms with Crippen molar-refractivity contribution in [3.05, 3.63) is 0 Å². The third kappa shape index (κ3) is 2.02. The molecule has 2 aliphatic rings. The van der Waals surface area contributed by atoms with Crippen molar-refractivity contribution >= 4 is 0 Å². The Hall–Kier alpha value is 0. The van der Waals surface area contributed by atoms with Crippen molar-refractivity contribution in [3.8, 4) is 0 Å². The van der Waals surface area contributed by atoms with Gasteiger partial charge in [0.05, 0.1) is 0 Å². The normalized spacial score (nSPS) is 28.0. The van der Waals surface area contributed by atoms with Crippen LogP contribution in [0.2, 0.25) is 0 Å². The van der Waals surface area contributed by atoms with Crippen LogP contribution in [0.4, 0.5) is 0 Å². The van der Waals surface area contributed by atoms with E-state index < -0.39 is 0 Å². The van der Waals surface area contributed by atoms with Crippen molar-refractivity contribution in [1.82, 2.24) is 0 Å². The molecule has 0 heteroatoms. The van der Waals surface area contributed by atoms with Crippen molar-refractivity contribution in [2.24, 2.45) is 5.41 Å². The molecule has 0 aromatic heterocycles. The Kier molecular flexibility index (Phi) is 3.61. The Bertz CT molecular complexity index is 94.5. The quantitative estimate of drug-likeness (QED) is 0.498. The van der Waals surface area contributed by atoms with Crippen LogP contribution in [0, 0.1) is 5.41 Å². The van der Waals surface area contributed by atoms with Gasteiger partial charge in [-0.1, -0.05) is 46.0 Å². The van der Waals surface area contributed by atoms with Crippen LogP contribution >= 0.6 is 0 Å². The van der Waals surface area contributed by atoms with Gasteiger partial charge in [0, 0.05) is 0 Å². The molecule has 0 aromatic carbocycles. The van der Waals surface area contributed by atoms with Gasteiger partial charge in [-0.05, 0) is 31.1 Å². The molecule has 0 N–H and O–H groups in total. The highest BCUT2D eigenvalue weighted by molar-refractivity contribution is 4.85. The molecule has 0 aliphatic heterocycles. The van der Waals surface area contributed by atoms with Crippen LogP contribution in [0.25, 0.3) is 0 Å². The smallest absolute Gasteiger partial charge is 0.0297 e. The van der Waals surface area contributed by atoms with Crippen LogP contribution in [-0.2, 0) is 0 Å². The van der Waals surface area contributed by atoms with E-state index in [0.29, 0.717) is 0 Å². The first-order valence-electron chi connectivity index (χ1n) is 5.41. The Labute approximate surface area is 77.7 Å². The van der Waals surface area contributed by atoms with Crippen molar-refractivity contribution < 1.29 is 0 Å². The molecule has 2 fully saturated rings. The third-order valence-electron chi connectivity index (χ3n) is 3.83. The lowest BCUT2D eigenvalue weighted by Crippen LogP contribution is -2.26. The van der Waals surface area contributed by atoms with E-state index in [0.717, 1.165) is 5.41 Å². The molecule has 0 atom stereocenters. The maximum Gasteiger partial charge on any atom is -0.0297 e. The van der Waals surface area contributed by atoms with Crippen molar-refractivity contribution in [2.75, 3.05) is 0 Å². The molecular weight excluding hydrogens is 144 g/mol. The fourth-order valence-electron chi connectivity index (χ4n) is 3.10. The van der Waals surface area contributed by atoms with Crippen molar-refractivity contribution in [1.29, 1.82) is 0 Å². The molecule has 0 bridgehead atoms. The second-order valence-electron chi connectivity index (χ2n) is 4.62. The van der Waals surface area contributed by atoms with Gasteiger partial charge in [-0.3, -0.25) is 0 Å². The third-order valence-corrected chi connectivity index (χ3v) is 3.83. The summed E-state index contributed by atoms with van der Waals surface area (Å²) < 4.78 is 0. The van der Waals surface area contributed by atoms with Crippen LogP contribution in [0.5, 0.6) is 0 Å². The predicted molar refractivity (Wildman–Crippen MR) is 55.3 cm³/mol. The van der Waals surface area contributed by atoms with E-state index >= 15 is 0 Å². The fraction of sp³-hybridized carbons (Fsp3) is 1.00. The van der Waals surface area contributed by atoms with Gasteiger partial charge in [0.2, 0.25) is 0 Å². The Morgan fingerprint density at radius 1 is 0.500 bits per heavy atom. The summed E-state index contributed by atoms with van der Waals surface area (Å²) in [6.45, 7) is 0. The molecule has 72 valence electrons. The summed E-state index contributed by atoms with van der Waals surface area (Å²) in [4.78, 5) is 0. The minimum absolute atomic E-state index is 0. The molecule has 0 nitrogen and oxygen atoms in total. The van der Waals surface area contributed by atoms with Crippen LogP contribution < -0.4 is 0 Å². The topological polar surface area (TPSA) is 0 Å². The molecule has 2 aliphatic carbocycles. The Morgan fingerprint density at radius 2 is 0.833 bits per heavy atom. The van der Waals surface area contributed by atoms with Gasteiger partial charge < -0.3 is 0 Å². The first-order chi connectivity index (χ1) is 5.41. The first kappa shape index (κ1) is 10.1. The summed E-state index contributed by atoms with van der Waals surface area (Å²) in [7, 11) is 0. The molecule has 0 heterocycles. The molecule has 0 amide bonds. The average molecular weight is 168 g/mol. The maximum absolute atomic E-state index is 1.56. The van der Waals surface area contributed by atoms with Gasteiger partial charge in [-0.25, -0.2) is 0 Å². The molecule has 12 heavy (non-hydrogen) atoms. The highest BCUT2D eigenvalue weighted by Crippen LogP contribution is 2.47. The average Bonchev–Trinajstić information content (AvgIpc) is 2.07. The van der Waals surface area contributed by atoms with E-state index in [2.05, 4.69) is 0 Å². The molecule has 0 saturated heterocycles. The Balaban J connectivity index is 0.000000720. The summed E-state index contributed by atoms with van der Waals surface area (Å²) in [6.07, 6.45) is 15.4. The molecule has 2 rings (SSSR count). The SMILES string of the molecule is C.C1CCC2(CC1)CCCCC2. The van der Waals surface area contributed by atoms with E-state index in [4.69, 9.17) is 0 Å². The van der Waals surface area contributed by atoms with E-state index in [1.165, 1.54) is 38.5 Å². The monoisotopic (exact) mass is 168 g/mol. The zero-order valence-electron chi connectivity index (χ0n) is 7.57. The van der Waals surface area contributed by atoms with Crippen molar-refractivity contribution in [3.63, 3.8) is 0 Å². The summed E-state index contributed by atoms with van der Waals surface area (Å²) in [5.41, 5.74) is 0.858. The standard InChI is InChI=1S/C11H20.CH4/c1-3-7-11(8-4-1)9-5-2-6-10-11;/h1-10H2;1H4. The molecular formula is C12H24. The van der Waals surface area contributed by atoms with Crippen LogP contribution in [0.1, 0.15) is 71.6 Å². The first-order valence-corrected chi connectivity index (χ1v) is 5.41. The lowest BCUT2D eigenvalue weighted by molar-refractivity contribution is 0.124. The van der Waals surface area contributed by atoms with Gasteiger partial charge in [0.15, 0.2) is 0 Å². The molecule has 1 spiro atoms. The molecule has 2 saturated carbocycles. The van der Waals surface area contributed by atoms with Gasteiger partial charge in [-0.15, -0.1) is 0 Å². The van der Waals surface area contributed by atoms with Gasteiger partial charge >= 0.3 is 0 Å².